The lowest BCUT2D eigenvalue weighted by Crippen LogP contribution is -2.42. The number of carbonyl (C=O) groups excluding carboxylic acids is 1. The van der Waals surface area contributed by atoms with E-state index in [0.29, 0.717) is 52.6 Å². The molecule has 2 amide bonds. The Kier molecular flexibility index (Phi) is 10.1. The van der Waals surface area contributed by atoms with Crippen molar-refractivity contribution in [2.24, 2.45) is 13.0 Å². The predicted molar refractivity (Wildman–Crippen MR) is 147 cm³/mol. The molecule has 2 aromatic heterocycles. The van der Waals surface area contributed by atoms with Crippen molar-refractivity contribution < 1.29 is 31.2 Å². The molecule has 4 heterocycles. The number of pyridine rings is 2. The number of halogens is 6. The predicted octanol–water partition coefficient (Wildman–Crippen LogP) is 4.36. The standard InChI is InChI=1S/C17H25F2N5.C9H9F4N3O2/c1-23-7-3-12(4-8-23)15(20)14-9-13(10-22-16(14)21)24-6-2-5-17(18,19)11-24;1-15-4-5(9(10,11)12)3-6(7(15)17)14-8(18)16(2)13/h9-10,12,20H,2-8,11H2,1H3,(H2,21,22);3-4H,1-2H3,(H,14,18). The van der Waals surface area contributed by atoms with Crippen LogP contribution in [0.3, 0.4) is 0 Å². The largest absolute Gasteiger partial charge is 0.417 e. The maximum absolute atomic E-state index is 13.7. The second-order valence-corrected chi connectivity index (χ2v) is 10.5. The number of nitrogens with zero attached hydrogens (tertiary/aromatic N) is 5. The fourth-order valence-corrected chi connectivity index (χ4v) is 4.71. The molecule has 0 saturated carbocycles. The number of likely N-dealkylation sites (tertiary alicyclic amines) is 1. The number of hydrogen-bond donors (Lipinski definition) is 3. The number of anilines is 3. The van der Waals surface area contributed by atoms with Gasteiger partial charge in [-0.25, -0.2) is 18.6 Å². The molecule has 0 bridgehead atoms. The quantitative estimate of drug-likeness (QED) is 0.271. The summed E-state index contributed by atoms with van der Waals surface area (Å²) in [6.45, 7) is 2.21. The third-order valence-corrected chi connectivity index (χ3v) is 7.11. The maximum atomic E-state index is 13.7. The summed E-state index contributed by atoms with van der Waals surface area (Å²) < 4.78 is 77.8. The number of urea groups is 1. The maximum Gasteiger partial charge on any atom is 0.417 e. The van der Waals surface area contributed by atoms with Crippen molar-refractivity contribution in [2.75, 3.05) is 56.2 Å². The van der Waals surface area contributed by atoms with E-state index in [-0.39, 0.29) is 24.0 Å². The number of alkyl halides is 5. The summed E-state index contributed by atoms with van der Waals surface area (Å²) in [6.07, 6.45) is -0.323. The Morgan fingerprint density at radius 1 is 1.19 bits per heavy atom. The average molecular weight is 605 g/mol. The fourth-order valence-electron chi connectivity index (χ4n) is 4.71. The minimum atomic E-state index is -4.67. The van der Waals surface area contributed by atoms with Gasteiger partial charge in [-0.15, -0.1) is 0 Å². The summed E-state index contributed by atoms with van der Waals surface area (Å²) in [6, 6.07) is 0.875. The lowest BCUT2D eigenvalue weighted by Gasteiger charge is -2.34. The summed E-state index contributed by atoms with van der Waals surface area (Å²) in [5.74, 6) is -2.20. The number of rotatable bonds is 4. The van der Waals surface area contributed by atoms with Crippen LogP contribution in [0, 0.1) is 11.3 Å². The van der Waals surface area contributed by atoms with E-state index >= 15 is 0 Å². The Bertz CT molecular complexity index is 1340. The lowest BCUT2D eigenvalue weighted by molar-refractivity contribution is -0.138. The Hall–Kier alpha value is -3.82. The van der Waals surface area contributed by atoms with Crippen molar-refractivity contribution in [1.29, 1.82) is 5.41 Å². The van der Waals surface area contributed by atoms with E-state index in [1.807, 2.05) is 0 Å². The van der Waals surface area contributed by atoms with Crippen LogP contribution in [0.25, 0.3) is 0 Å². The van der Waals surface area contributed by atoms with E-state index in [9.17, 15) is 36.0 Å². The van der Waals surface area contributed by atoms with Gasteiger partial charge < -0.3 is 30.8 Å². The van der Waals surface area contributed by atoms with Crippen LogP contribution in [0.5, 0.6) is 0 Å². The molecule has 0 unspecified atom stereocenters. The smallest absolute Gasteiger partial charge is 0.383 e. The minimum absolute atomic E-state index is 0.0653. The Balaban J connectivity index is 0.000000241. The van der Waals surface area contributed by atoms with Crippen LogP contribution in [-0.4, -0.2) is 77.5 Å². The molecule has 42 heavy (non-hydrogen) atoms. The third kappa shape index (κ3) is 8.36. The number of nitrogens with one attached hydrogen (secondary N) is 2. The van der Waals surface area contributed by atoms with Gasteiger partial charge >= 0.3 is 12.2 Å². The summed E-state index contributed by atoms with van der Waals surface area (Å²) in [4.78, 5) is 30.5. The molecule has 2 saturated heterocycles. The molecular weight excluding hydrogens is 570 g/mol. The molecule has 0 aliphatic carbocycles. The van der Waals surface area contributed by atoms with Crippen LogP contribution in [0.4, 0.5) is 48.4 Å². The third-order valence-electron chi connectivity index (χ3n) is 7.11. The molecule has 4 rings (SSSR count). The molecule has 16 heteroatoms. The van der Waals surface area contributed by atoms with Crippen molar-refractivity contribution >= 4 is 28.9 Å². The molecule has 0 atom stereocenters. The zero-order valence-corrected chi connectivity index (χ0v) is 23.4. The second-order valence-electron chi connectivity index (χ2n) is 10.5. The number of aryl methyl sites for hydroxylation is 1. The highest BCUT2D eigenvalue weighted by atomic mass is 19.4. The Labute approximate surface area is 238 Å². The Morgan fingerprint density at radius 2 is 1.83 bits per heavy atom. The summed E-state index contributed by atoms with van der Waals surface area (Å²) >= 11 is 0. The van der Waals surface area contributed by atoms with E-state index < -0.39 is 34.9 Å². The summed E-state index contributed by atoms with van der Waals surface area (Å²) in [5.41, 5.74) is 5.04. The highest BCUT2D eigenvalue weighted by Gasteiger charge is 2.36. The highest BCUT2D eigenvalue weighted by molar-refractivity contribution is 6.04. The SMILES string of the molecule is CN(F)C(=O)Nc1cc(C(F)(F)F)cn(C)c1=O.CN1CCC(C(=N)c2cc(N3CCCC(F)(F)C3)cnc2N)CC1. The molecule has 2 fully saturated rings. The molecule has 2 aromatic rings. The zero-order valence-electron chi connectivity index (χ0n) is 23.4. The molecular formula is C26H34F6N8O2. The van der Waals surface area contributed by atoms with Gasteiger partial charge in [0.05, 0.1) is 24.0 Å². The number of hydrogen-bond acceptors (Lipinski definition) is 7. The van der Waals surface area contributed by atoms with Gasteiger partial charge in [-0.1, -0.05) is 4.48 Å². The number of carbonyl (C=O) groups is 1. The number of nitrogen functional groups attached to an aromatic ring is 1. The average Bonchev–Trinajstić information content (AvgIpc) is 2.90. The zero-order chi connectivity index (χ0) is 31.4. The molecule has 0 aromatic carbocycles. The van der Waals surface area contributed by atoms with Crippen molar-refractivity contribution in [3.63, 3.8) is 0 Å². The van der Waals surface area contributed by atoms with Crippen molar-refractivity contribution in [1.82, 2.24) is 19.6 Å². The van der Waals surface area contributed by atoms with E-state index in [1.54, 1.807) is 22.5 Å². The van der Waals surface area contributed by atoms with Gasteiger partial charge in [0.25, 0.3) is 11.5 Å². The van der Waals surface area contributed by atoms with Gasteiger partial charge in [0.1, 0.15) is 11.5 Å². The molecule has 0 radical (unpaired) electrons. The molecule has 10 nitrogen and oxygen atoms in total. The summed E-state index contributed by atoms with van der Waals surface area (Å²) in [5, 5.41) is 9.87. The van der Waals surface area contributed by atoms with E-state index in [0.717, 1.165) is 40.0 Å². The minimum Gasteiger partial charge on any atom is -0.383 e. The van der Waals surface area contributed by atoms with Crippen molar-refractivity contribution in [2.45, 2.75) is 37.8 Å². The van der Waals surface area contributed by atoms with Crippen LogP contribution < -0.4 is 21.5 Å². The normalized spacial score (nSPS) is 17.7. The van der Waals surface area contributed by atoms with Gasteiger partial charge in [-0.05, 0) is 51.5 Å². The molecule has 4 N–H and O–H groups in total. The number of aromatic nitrogens is 2. The highest BCUT2D eigenvalue weighted by Crippen LogP contribution is 2.32. The van der Waals surface area contributed by atoms with Crippen molar-refractivity contribution in [3.05, 3.63) is 46.0 Å². The monoisotopic (exact) mass is 604 g/mol. The summed E-state index contributed by atoms with van der Waals surface area (Å²) in [7, 11) is 3.91. The van der Waals surface area contributed by atoms with Gasteiger partial charge in [0, 0.05) is 50.5 Å². The van der Waals surface area contributed by atoms with Gasteiger partial charge in [0.2, 0.25) is 0 Å². The lowest BCUT2D eigenvalue weighted by atomic mass is 9.88. The number of piperidine rings is 2. The number of nitrogens with two attached hydrogens (primary N) is 1. The first-order chi connectivity index (χ1) is 19.5. The van der Waals surface area contributed by atoms with E-state index in [2.05, 4.69) is 16.9 Å². The van der Waals surface area contributed by atoms with Crippen LogP contribution in [0.2, 0.25) is 0 Å². The molecule has 232 valence electrons. The van der Waals surface area contributed by atoms with Crippen LogP contribution >= 0.6 is 0 Å². The van der Waals surface area contributed by atoms with Crippen LogP contribution in [0.15, 0.2) is 29.3 Å². The molecule has 2 aliphatic rings. The van der Waals surface area contributed by atoms with Crippen molar-refractivity contribution in [3.8, 4) is 0 Å². The first-order valence-electron chi connectivity index (χ1n) is 13.1. The van der Waals surface area contributed by atoms with Gasteiger partial charge in [-0.3, -0.25) is 4.79 Å². The number of amides is 2. The van der Waals surface area contributed by atoms with Crippen LogP contribution in [-0.2, 0) is 13.2 Å². The second kappa shape index (κ2) is 13.0. The van der Waals surface area contributed by atoms with Gasteiger partial charge in [-0.2, -0.15) is 18.3 Å². The van der Waals surface area contributed by atoms with Gasteiger partial charge in [0.15, 0.2) is 0 Å². The first-order valence-corrected chi connectivity index (χ1v) is 13.1. The van der Waals surface area contributed by atoms with Crippen LogP contribution in [0.1, 0.15) is 36.8 Å². The molecule has 2 aliphatic heterocycles. The topological polar surface area (TPSA) is 124 Å². The Morgan fingerprint density at radius 3 is 2.40 bits per heavy atom. The molecule has 0 spiro atoms. The fraction of sp³-hybridized carbons (Fsp3) is 0.538. The first kappa shape index (κ1) is 32.7. The van der Waals surface area contributed by atoms with E-state index in [1.165, 1.54) is 0 Å². The van der Waals surface area contributed by atoms with E-state index in [4.69, 9.17) is 11.1 Å².